The van der Waals surface area contributed by atoms with Gasteiger partial charge in [0.25, 0.3) is 5.91 Å². The van der Waals surface area contributed by atoms with Crippen LogP contribution in [-0.2, 0) is 6.42 Å². The number of fused-ring (bicyclic) bond motifs is 1. The highest BCUT2D eigenvalue weighted by Gasteiger charge is 2.32. The standard InChI is InChI=1S/C23H25N5O2/c1-15-20-13-14-27(17-7-5-16(6-8-17)22(24)26(2)3)23(29)21(20)28(25-15)18-9-11-19(30-4)12-10-18/h5-12,24H,13-14H2,1-4H3. The third-order valence-electron chi connectivity index (χ3n) is 5.43. The average molecular weight is 403 g/mol. The van der Waals surface area contributed by atoms with E-state index in [-0.39, 0.29) is 5.91 Å². The molecule has 1 aromatic heterocycles. The predicted octanol–water partition coefficient (Wildman–Crippen LogP) is 3.28. The summed E-state index contributed by atoms with van der Waals surface area (Å²) >= 11 is 0. The van der Waals surface area contributed by atoms with Gasteiger partial charge in [0.2, 0.25) is 0 Å². The number of amidine groups is 1. The van der Waals surface area contributed by atoms with Crippen molar-refractivity contribution >= 4 is 17.4 Å². The zero-order chi connectivity index (χ0) is 21.4. The quantitative estimate of drug-likeness (QED) is 0.536. The summed E-state index contributed by atoms with van der Waals surface area (Å²) in [6.45, 7) is 2.55. The van der Waals surface area contributed by atoms with E-state index >= 15 is 0 Å². The Balaban J connectivity index is 1.68. The molecule has 30 heavy (non-hydrogen) atoms. The van der Waals surface area contributed by atoms with Gasteiger partial charge in [-0.3, -0.25) is 10.2 Å². The number of ether oxygens (including phenoxy) is 1. The van der Waals surface area contributed by atoms with Crippen LogP contribution in [0.5, 0.6) is 5.75 Å². The molecule has 3 aromatic rings. The van der Waals surface area contributed by atoms with Crippen LogP contribution in [0.1, 0.15) is 27.3 Å². The normalized spacial score (nSPS) is 13.2. The SMILES string of the molecule is COc1ccc(-n2nc(C)c3c2C(=O)N(c2ccc(C(=N)N(C)C)cc2)CC3)cc1. The first kappa shape index (κ1) is 19.7. The van der Waals surface area contributed by atoms with E-state index in [1.165, 1.54) is 0 Å². The lowest BCUT2D eigenvalue weighted by molar-refractivity contribution is 0.0973. The summed E-state index contributed by atoms with van der Waals surface area (Å²) in [6.07, 6.45) is 0.748. The van der Waals surface area contributed by atoms with Crippen LogP contribution in [-0.4, -0.2) is 54.2 Å². The maximum Gasteiger partial charge on any atom is 0.277 e. The van der Waals surface area contributed by atoms with Crippen LogP contribution in [0.3, 0.4) is 0 Å². The van der Waals surface area contributed by atoms with Crippen molar-refractivity contribution in [2.75, 3.05) is 32.6 Å². The molecule has 1 aliphatic heterocycles. The Kier molecular flexibility index (Phi) is 5.03. The Bertz CT molecular complexity index is 1100. The number of rotatable bonds is 4. The van der Waals surface area contributed by atoms with E-state index in [1.807, 2.05) is 69.6 Å². The number of hydrogen-bond donors (Lipinski definition) is 1. The molecule has 0 bridgehead atoms. The van der Waals surface area contributed by atoms with E-state index in [0.29, 0.717) is 18.1 Å². The summed E-state index contributed by atoms with van der Waals surface area (Å²) in [5.74, 6) is 1.12. The summed E-state index contributed by atoms with van der Waals surface area (Å²) in [6, 6.07) is 15.1. The van der Waals surface area contributed by atoms with Gasteiger partial charge in [-0.1, -0.05) is 0 Å². The number of anilines is 1. The molecule has 0 saturated carbocycles. The van der Waals surface area contributed by atoms with E-state index in [1.54, 1.807) is 21.6 Å². The summed E-state index contributed by atoms with van der Waals surface area (Å²) in [4.78, 5) is 17.0. The van der Waals surface area contributed by atoms with Crippen LogP contribution >= 0.6 is 0 Å². The van der Waals surface area contributed by atoms with E-state index in [4.69, 9.17) is 10.1 Å². The fourth-order valence-electron chi connectivity index (χ4n) is 3.75. The molecule has 4 rings (SSSR count). The van der Waals surface area contributed by atoms with Crippen LogP contribution in [0.4, 0.5) is 5.69 Å². The van der Waals surface area contributed by atoms with Crippen LogP contribution in [0, 0.1) is 12.3 Å². The van der Waals surface area contributed by atoms with Crippen molar-refractivity contribution in [1.82, 2.24) is 14.7 Å². The van der Waals surface area contributed by atoms with Gasteiger partial charge in [0.15, 0.2) is 0 Å². The molecule has 0 saturated heterocycles. The first-order valence-electron chi connectivity index (χ1n) is 9.82. The van der Waals surface area contributed by atoms with E-state index in [2.05, 4.69) is 5.10 Å². The molecule has 0 unspecified atom stereocenters. The minimum atomic E-state index is -0.0666. The first-order chi connectivity index (χ1) is 14.4. The number of aromatic nitrogens is 2. The van der Waals surface area contributed by atoms with Gasteiger partial charge >= 0.3 is 0 Å². The predicted molar refractivity (Wildman–Crippen MR) is 117 cm³/mol. The minimum Gasteiger partial charge on any atom is -0.497 e. The number of methoxy groups -OCH3 is 1. The van der Waals surface area contributed by atoms with Gasteiger partial charge in [-0.15, -0.1) is 0 Å². The summed E-state index contributed by atoms with van der Waals surface area (Å²) in [5, 5.41) is 12.8. The molecule has 7 heteroatoms. The third kappa shape index (κ3) is 3.32. The van der Waals surface area contributed by atoms with Gasteiger partial charge in [0, 0.05) is 37.5 Å². The largest absolute Gasteiger partial charge is 0.497 e. The molecular weight excluding hydrogens is 378 g/mol. The lowest BCUT2D eigenvalue weighted by atomic mass is 10.0. The molecule has 7 nitrogen and oxygen atoms in total. The van der Waals surface area contributed by atoms with Gasteiger partial charge in [-0.05, 0) is 61.9 Å². The monoisotopic (exact) mass is 403 g/mol. The molecule has 0 spiro atoms. The maximum absolute atomic E-state index is 13.5. The van der Waals surface area contributed by atoms with Crippen molar-refractivity contribution in [1.29, 1.82) is 5.41 Å². The Morgan fingerprint density at radius 2 is 1.70 bits per heavy atom. The van der Waals surface area contributed by atoms with Crippen LogP contribution < -0.4 is 9.64 Å². The molecule has 0 atom stereocenters. The second-order valence-corrected chi connectivity index (χ2v) is 7.52. The van der Waals surface area contributed by atoms with E-state index in [9.17, 15) is 4.79 Å². The number of aryl methyl sites for hydroxylation is 1. The van der Waals surface area contributed by atoms with Gasteiger partial charge in [-0.2, -0.15) is 5.10 Å². The number of carbonyl (C=O) groups excluding carboxylic acids is 1. The zero-order valence-corrected chi connectivity index (χ0v) is 17.6. The number of carbonyl (C=O) groups is 1. The topological polar surface area (TPSA) is 74.5 Å². The van der Waals surface area contributed by atoms with Crippen molar-refractivity contribution in [2.45, 2.75) is 13.3 Å². The maximum atomic E-state index is 13.5. The number of nitrogens with zero attached hydrogens (tertiary/aromatic N) is 4. The van der Waals surface area contributed by atoms with Gasteiger partial charge in [0.05, 0.1) is 18.5 Å². The first-order valence-corrected chi connectivity index (χ1v) is 9.82. The molecule has 0 fully saturated rings. The smallest absolute Gasteiger partial charge is 0.277 e. The highest BCUT2D eigenvalue weighted by Crippen LogP contribution is 2.29. The Hall–Kier alpha value is -3.61. The van der Waals surface area contributed by atoms with E-state index in [0.717, 1.165) is 40.4 Å². The van der Waals surface area contributed by atoms with Crippen molar-refractivity contribution in [2.24, 2.45) is 0 Å². The molecule has 154 valence electrons. The minimum absolute atomic E-state index is 0.0666. The van der Waals surface area contributed by atoms with Crippen LogP contribution in [0.15, 0.2) is 48.5 Å². The summed E-state index contributed by atoms with van der Waals surface area (Å²) < 4.78 is 6.97. The Morgan fingerprint density at radius 3 is 2.30 bits per heavy atom. The Morgan fingerprint density at radius 1 is 1.07 bits per heavy atom. The zero-order valence-electron chi connectivity index (χ0n) is 17.6. The van der Waals surface area contributed by atoms with Crippen molar-refractivity contribution in [3.05, 3.63) is 71.0 Å². The van der Waals surface area contributed by atoms with Crippen molar-refractivity contribution in [3.8, 4) is 11.4 Å². The Labute approximate surface area is 176 Å². The summed E-state index contributed by atoms with van der Waals surface area (Å²) in [5.41, 5.74) is 4.94. The van der Waals surface area contributed by atoms with E-state index < -0.39 is 0 Å². The van der Waals surface area contributed by atoms with Gasteiger partial charge in [-0.25, -0.2) is 4.68 Å². The van der Waals surface area contributed by atoms with Crippen LogP contribution in [0.2, 0.25) is 0 Å². The molecule has 2 aromatic carbocycles. The van der Waals surface area contributed by atoms with Crippen molar-refractivity contribution in [3.63, 3.8) is 0 Å². The number of amides is 1. The molecule has 0 aliphatic carbocycles. The summed E-state index contributed by atoms with van der Waals surface area (Å²) in [7, 11) is 5.31. The fourth-order valence-corrected chi connectivity index (χ4v) is 3.75. The molecule has 1 aliphatic rings. The average Bonchev–Trinajstić information content (AvgIpc) is 3.11. The number of benzene rings is 2. The third-order valence-corrected chi connectivity index (χ3v) is 5.43. The fraction of sp³-hybridized carbons (Fsp3) is 0.261. The highest BCUT2D eigenvalue weighted by molar-refractivity contribution is 6.08. The number of nitrogens with one attached hydrogen (secondary N) is 1. The molecule has 1 N–H and O–H groups in total. The van der Waals surface area contributed by atoms with Crippen LogP contribution in [0.25, 0.3) is 5.69 Å². The van der Waals surface area contributed by atoms with Crippen molar-refractivity contribution < 1.29 is 9.53 Å². The number of hydrogen-bond acceptors (Lipinski definition) is 4. The second kappa shape index (κ2) is 7.67. The second-order valence-electron chi connectivity index (χ2n) is 7.52. The molecule has 1 amide bonds. The molecular formula is C23H25N5O2. The lowest BCUT2D eigenvalue weighted by Crippen LogP contribution is -2.38. The lowest BCUT2D eigenvalue weighted by Gasteiger charge is -2.28. The molecule has 0 radical (unpaired) electrons. The van der Waals surface area contributed by atoms with Gasteiger partial charge < -0.3 is 14.5 Å². The van der Waals surface area contributed by atoms with Gasteiger partial charge in [0.1, 0.15) is 17.3 Å². The molecule has 2 heterocycles. The highest BCUT2D eigenvalue weighted by atomic mass is 16.5.